The van der Waals surface area contributed by atoms with Crippen LogP contribution in [0.2, 0.25) is 0 Å². The highest BCUT2D eigenvalue weighted by molar-refractivity contribution is 6.23. The Kier molecular flexibility index (Phi) is 4.41. The summed E-state index contributed by atoms with van der Waals surface area (Å²) in [6.07, 6.45) is 2.06. The van der Waals surface area contributed by atoms with E-state index in [1.54, 1.807) is 0 Å². The minimum atomic E-state index is -0.543. The number of rotatable bonds is 5. The number of aldehydes is 1. The molecule has 0 saturated carbocycles. The Labute approximate surface area is 83.1 Å². The highest BCUT2D eigenvalue weighted by Crippen LogP contribution is 2.01. The first-order valence-corrected chi connectivity index (χ1v) is 4.60. The number of carbonyl (C=O) groups excluding carboxylic acids is 2. The molecule has 0 heterocycles. The molecule has 1 rings (SSSR count). The van der Waals surface area contributed by atoms with Crippen molar-refractivity contribution in [2.24, 2.45) is 0 Å². The summed E-state index contributed by atoms with van der Waals surface area (Å²) in [5.74, 6) is -0.543. The highest BCUT2D eigenvalue weighted by atomic mass is 16.2. The third kappa shape index (κ3) is 3.85. The fourth-order valence-corrected chi connectivity index (χ4v) is 1.19. The molecule has 3 nitrogen and oxygen atoms in total. The molecule has 0 unspecified atom stereocenters. The number of nitrogens with one attached hydrogen (secondary N) is 1. The summed E-state index contributed by atoms with van der Waals surface area (Å²) in [6, 6.07) is 10.0. The lowest BCUT2D eigenvalue weighted by Crippen LogP contribution is -2.25. The van der Waals surface area contributed by atoms with E-state index in [9.17, 15) is 9.59 Å². The number of amides is 1. The Balaban J connectivity index is 2.16. The maximum atomic E-state index is 10.5. The largest absolute Gasteiger partial charge is 0.350 e. The lowest BCUT2D eigenvalue weighted by atomic mass is 10.1. The Hall–Kier alpha value is -1.64. The van der Waals surface area contributed by atoms with Gasteiger partial charge >= 0.3 is 0 Å². The molecule has 1 amide bonds. The number of hydrogen-bond donors (Lipinski definition) is 1. The quantitative estimate of drug-likeness (QED) is 0.427. The Morgan fingerprint density at radius 2 is 2.00 bits per heavy atom. The summed E-state index contributed by atoms with van der Waals surface area (Å²) in [4.78, 5) is 20.5. The van der Waals surface area contributed by atoms with Crippen molar-refractivity contribution in [1.82, 2.24) is 5.32 Å². The zero-order valence-electron chi connectivity index (χ0n) is 7.90. The molecule has 0 fully saturated rings. The second kappa shape index (κ2) is 5.91. The summed E-state index contributed by atoms with van der Waals surface area (Å²) in [5, 5.41) is 2.50. The average Bonchev–Trinajstić information content (AvgIpc) is 2.25. The van der Waals surface area contributed by atoms with Gasteiger partial charge in [-0.2, -0.15) is 0 Å². The minimum absolute atomic E-state index is 0.294. The van der Waals surface area contributed by atoms with Gasteiger partial charge in [0.25, 0.3) is 5.91 Å². The molecule has 0 radical (unpaired) electrons. The summed E-state index contributed by atoms with van der Waals surface area (Å²) < 4.78 is 0. The summed E-state index contributed by atoms with van der Waals surface area (Å²) in [7, 11) is 0. The predicted molar refractivity (Wildman–Crippen MR) is 53.8 cm³/mol. The van der Waals surface area contributed by atoms with E-state index >= 15 is 0 Å². The van der Waals surface area contributed by atoms with E-state index in [1.807, 2.05) is 30.3 Å². The highest BCUT2D eigenvalue weighted by Gasteiger charge is 1.96. The molecule has 1 N–H and O–H groups in total. The van der Waals surface area contributed by atoms with E-state index in [0.29, 0.717) is 12.8 Å². The third-order valence-electron chi connectivity index (χ3n) is 1.89. The van der Waals surface area contributed by atoms with Crippen LogP contribution >= 0.6 is 0 Å². The van der Waals surface area contributed by atoms with E-state index in [2.05, 4.69) is 5.32 Å². The van der Waals surface area contributed by atoms with Gasteiger partial charge in [0, 0.05) is 6.54 Å². The SMILES string of the molecule is O=CC(=O)NCCCc1ccccc1. The molecule has 1 aromatic carbocycles. The molecule has 0 aliphatic heterocycles. The van der Waals surface area contributed by atoms with E-state index in [1.165, 1.54) is 5.56 Å². The normalized spacial score (nSPS) is 9.43. The maximum Gasteiger partial charge on any atom is 0.284 e. The van der Waals surface area contributed by atoms with Crippen LogP contribution < -0.4 is 5.32 Å². The molecule has 0 atom stereocenters. The van der Waals surface area contributed by atoms with Gasteiger partial charge in [-0.1, -0.05) is 30.3 Å². The monoisotopic (exact) mass is 191 g/mol. The van der Waals surface area contributed by atoms with E-state index in [4.69, 9.17) is 0 Å². The standard InChI is InChI=1S/C11H13NO2/c13-9-11(14)12-8-4-7-10-5-2-1-3-6-10/h1-3,5-6,9H,4,7-8H2,(H,12,14). The molecular formula is C11H13NO2. The molecular weight excluding hydrogens is 178 g/mol. The van der Waals surface area contributed by atoms with Crippen LogP contribution in [0.5, 0.6) is 0 Å². The molecule has 0 aliphatic rings. The second-order valence-electron chi connectivity index (χ2n) is 3.00. The molecule has 0 saturated heterocycles. The van der Waals surface area contributed by atoms with Crippen molar-refractivity contribution in [1.29, 1.82) is 0 Å². The zero-order chi connectivity index (χ0) is 10.2. The van der Waals surface area contributed by atoms with Gasteiger partial charge in [0.05, 0.1) is 0 Å². The topological polar surface area (TPSA) is 46.2 Å². The van der Waals surface area contributed by atoms with Gasteiger partial charge in [-0.3, -0.25) is 9.59 Å². The first-order valence-electron chi connectivity index (χ1n) is 4.60. The third-order valence-corrected chi connectivity index (χ3v) is 1.89. The Morgan fingerprint density at radius 1 is 1.29 bits per heavy atom. The van der Waals surface area contributed by atoms with Crippen LogP contribution in [0.1, 0.15) is 12.0 Å². The first-order chi connectivity index (χ1) is 6.83. The molecule has 14 heavy (non-hydrogen) atoms. The van der Waals surface area contributed by atoms with Gasteiger partial charge in [0.2, 0.25) is 6.29 Å². The van der Waals surface area contributed by atoms with E-state index < -0.39 is 5.91 Å². The van der Waals surface area contributed by atoms with Gasteiger partial charge in [0.15, 0.2) is 0 Å². The summed E-state index contributed by atoms with van der Waals surface area (Å²) in [5.41, 5.74) is 1.24. The van der Waals surface area contributed by atoms with Crippen molar-refractivity contribution in [3.63, 3.8) is 0 Å². The maximum absolute atomic E-state index is 10.5. The first kappa shape index (κ1) is 10.4. The number of aryl methyl sites for hydroxylation is 1. The molecule has 1 aromatic rings. The van der Waals surface area contributed by atoms with Crippen molar-refractivity contribution in [3.05, 3.63) is 35.9 Å². The van der Waals surface area contributed by atoms with Crippen LogP contribution in [0.4, 0.5) is 0 Å². The smallest absolute Gasteiger partial charge is 0.284 e. The van der Waals surface area contributed by atoms with Crippen LogP contribution in [0.3, 0.4) is 0 Å². The van der Waals surface area contributed by atoms with Gasteiger partial charge in [-0.05, 0) is 18.4 Å². The van der Waals surface area contributed by atoms with Crippen molar-refractivity contribution in [3.8, 4) is 0 Å². The van der Waals surface area contributed by atoms with E-state index in [-0.39, 0.29) is 0 Å². The molecule has 74 valence electrons. The molecule has 3 heteroatoms. The second-order valence-corrected chi connectivity index (χ2v) is 3.00. The number of benzene rings is 1. The predicted octanol–water partition coefficient (Wildman–Crippen LogP) is 0.934. The fourth-order valence-electron chi connectivity index (χ4n) is 1.19. The van der Waals surface area contributed by atoms with Crippen LogP contribution in [-0.4, -0.2) is 18.7 Å². The lowest BCUT2D eigenvalue weighted by molar-refractivity contribution is -0.131. The van der Waals surface area contributed by atoms with Crippen LogP contribution in [0, 0.1) is 0 Å². The molecule has 0 spiro atoms. The van der Waals surface area contributed by atoms with Gasteiger partial charge < -0.3 is 5.32 Å². The minimum Gasteiger partial charge on any atom is -0.350 e. The Bertz CT molecular complexity index is 295. The van der Waals surface area contributed by atoms with E-state index in [0.717, 1.165) is 12.8 Å². The zero-order valence-corrected chi connectivity index (χ0v) is 7.90. The molecule has 0 bridgehead atoms. The van der Waals surface area contributed by atoms with Crippen LogP contribution in [-0.2, 0) is 16.0 Å². The molecule has 0 aliphatic carbocycles. The number of carbonyl (C=O) groups is 2. The molecule has 0 aromatic heterocycles. The van der Waals surface area contributed by atoms with Gasteiger partial charge in [0.1, 0.15) is 0 Å². The number of hydrogen-bond acceptors (Lipinski definition) is 2. The van der Waals surface area contributed by atoms with Crippen molar-refractivity contribution >= 4 is 12.2 Å². The van der Waals surface area contributed by atoms with Crippen LogP contribution in [0.25, 0.3) is 0 Å². The van der Waals surface area contributed by atoms with Gasteiger partial charge in [-0.15, -0.1) is 0 Å². The van der Waals surface area contributed by atoms with Gasteiger partial charge in [-0.25, -0.2) is 0 Å². The summed E-state index contributed by atoms with van der Waals surface area (Å²) in [6.45, 7) is 0.548. The van der Waals surface area contributed by atoms with Crippen molar-refractivity contribution in [2.75, 3.05) is 6.54 Å². The van der Waals surface area contributed by atoms with Crippen LogP contribution in [0.15, 0.2) is 30.3 Å². The summed E-state index contributed by atoms with van der Waals surface area (Å²) >= 11 is 0. The lowest BCUT2D eigenvalue weighted by Gasteiger charge is -2.01. The van der Waals surface area contributed by atoms with Crippen molar-refractivity contribution < 1.29 is 9.59 Å². The Morgan fingerprint density at radius 3 is 2.64 bits per heavy atom. The average molecular weight is 191 g/mol. The fraction of sp³-hybridized carbons (Fsp3) is 0.273. The van der Waals surface area contributed by atoms with Crippen molar-refractivity contribution in [2.45, 2.75) is 12.8 Å².